The largest absolute Gasteiger partial charge is 0.393 e. The van der Waals surface area contributed by atoms with E-state index in [-0.39, 0.29) is 6.10 Å². The molecule has 0 spiro atoms. The smallest absolute Gasteiger partial charge is 0.159 e. The number of hydrogen-bond acceptors (Lipinski definition) is 7. The highest BCUT2D eigenvalue weighted by Gasteiger charge is 2.18. The van der Waals surface area contributed by atoms with Crippen molar-refractivity contribution in [3.05, 3.63) is 31.0 Å². The second-order valence-corrected chi connectivity index (χ2v) is 5.56. The van der Waals surface area contributed by atoms with E-state index in [2.05, 4.69) is 35.1 Å². The average molecular weight is 311 g/mol. The molecule has 1 fully saturated rings. The number of hydrogen-bond donors (Lipinski definition) is 3. The fourth-order valence-corrected chi connectivity index (χ4v) is 2.76. The third kappa shape index (κ3) is 2.80. The maximum atomic E-state index is 9.61. The molecule has 0 saturated carbocycles. The lowest BCUT2D eigenvalue weighted by molar-refractivity contribution is 0.145. The second-order valence-electron chi connectivity index (χ2n) is 5.56. The molecule has 1 saturated heterocycles. The van der Waals surface area contributed by atoms with Crippen LogP contribution in [0.4, 0.5) is 17.5 Å². The summed E-state index contributed by atoms with van der Waals surface area (Å²) in [5, 5.41) is 12.8. The summed E-state index contributed by atoms with van der Waals surface area (Å²) in [5.41, 5.74) is 1.69. The molecule has 0 radical (unpaired) electrons. The Labute approximate surface area is 132 Å². The molecule has 4 rings (SSSR count). The van der Waals surface area contributed by atoms with E-state index >= 15 is 0 Å². The van der Waals surface area contributed by atoms with Gasteiger partial charge in [0.2, 0.25) is 0 Å². The van der Waals surface area contributed by atoms with Gasteiger partial charge in [0.25, 0.3) is 0 Å². The molecule has 118 valence electrons. The summed E-state index contributed by atoms with van der Waals surface area (Å²) in [4.78, 5) is 22.4. The number of pyridine rings is 1. The minimum absolute atomic E-state index is 0.202. The Morgan fingerprint density at radius 2 is 2.04 bits per heavy atom. The van der Waals surface area contributed by atoms with Gasteiger partial charge in [-0.3, -0.25) is 0 Å². The lowest BCUT2D eigenvalue weighted by Gasteiger charge is -2.30. The summed E-state index contributed by atoms with van der Waals surface area (Å²) in [6, 6.07) is 3.77. The molecule has 3 aromatic rings. The number of piperidine rings is 1. The van der Waals surface area contributed by atoms with Gasteiger partial charge in [-0.2, -0.15) is 0 Å². The molecule has 8 heteroatoms. The Hall–Kier alpha value is -2.74. The molecule has 3 aromatic heterocycles. The van der Waals surface area contributed by atoms with E-state index in [9.17, 15) is 5.11 Å². The van der Waals surface area contributed by atoms with Crippen molar-refractivity contribution in [1.82, 2.24) is 24.9 Å². The number of aliphatic hydroxyl groups is 1. The van der Waals surface area contributed by atoms with Gasteiger partial charge in [-0.15, -0.1) is 0 Å². The van der Waals surface area contributed by atoms with Gasteiger partial charge in [0.05, 0.1) is 17.9 Å². The van der Waals surface area contributed by atoms with Crippen LogP contribution in [0.1, 0.15) is 12.8 Å². The summed E-state index contributed by atoms with van der Waals surface area (Å²) in [6.07, 6.45) is 6.22. The molecule has 0 unspecified atom stereocenters. The van der Waals surface area contributed by atoms with Crippen LogP contribution < -0.4 is 10.2 Å². The number of nitrogens with one attached hydrogen (secondary N) is 2. The average Bonchev–Trinajstić information content (AvgIpc) is 3.06. The quantitative estimate of drug-likeness (QED) is 0.672. The van der Waals surface area contributed by atoms with Crippen molar-refractivity contribution in [1.29, 1.82) is 0 Å². The summed E-state index contributed by atoms with van der Waals surface area (Å²) in [7, 11) is 0. The number of aromatic nitrogens is 5. The van der Waals surface area contributed by atoms with Crippen LogP contribution in [0.5, 0.6) is 0 Å². The van der Waals surface area contributed by atoms with Crippen LogP contribution in [0.15, 0.2) is 31.0 Å². The van der Waals surface area contributed by atoms with Crippen molar-refractivity contribution in [2.45, 2.75) is 18.9 Å². The van der Waals surface area contributed by atoms with Gasteiger partial charge >= 0.3 is 0 Å². The zero-order valence-electron chi connectivity index (χ0n) is 12.5. The van der Waals surface area contributed by atoms with Gasteiger partial charge in [-0.25, -0.2) is 19.9 Å². The molecule has 1 aliphatic rings. The van der Waals surface area contributed by atoms with Gasteiger partial charge in [0, 0.05) is 25.4 Å². The molecule has 1 aliphatic heterocycles. The van der Waals surface area contributed by atoms with Crippen LogP contribution in [0.3, 0.4) is 0 Å². The first-order valence-electron chi connectivity index (χ1n) is 7.60. The van der Waals surface area contributed by atoms with E-state index in [0.29, 0.717) is 11.6 Å². The van der Waals surface area contributed by atoms with Gasteiger partial charge in [0.1, 0.15) is 23.5 Å². The van der Waals surface area contributed by atoms with Crippen molar-refractivity contribution in [2.24, 2.45) is 0 Å². The van der Waals surface area contributed by atoms with E-state index in [1.807, 2.05) is 12.1 Å². The van der Waals surface area contributed by atoms with Crippen LogP contribution in [0.2, 0.25) is 0 Å². The van der Waals surface area contributed by atoms with Crippen molar-refractivity contribution >= 4 is 28.5 Å². The Bertz CT molecular complexity index is 810. The summed E-state index contributed by atoms with van der Waals surface area (Å²) in [5.74, 6) is 2.18. The number of aliphatic hydroxyl groups excluding tert-OH is 1. The fraction of sp³-hybridized carbons (Fsp3) is 0.333. The van der Waals surface area contributed by atoms with Crippen molar-refractivity contribution in [3.8, 4) is 0 Å². The third-order valence-corrected chi connectivity index (χ3v) is 4.03. The molecule has 8 nitrogen and oxygen atoms in total. The van der Waals surface area contributed by atoms with E-state index in [0.717, 1.165) is 42.8 Å². The van der Waals surface area contributed by atoms with Crippen molar-refractivity contribution < 1.29 is 5.11 Å². The zero-order valence-corrected chi connectivity index (χ0v) is 12.5. The highest BCUT2D eigenvalue weighted by molar-refractivity contribution is 5.86. The maximum Gasteiger partial charge on any atom is 0.159 e. The predicted octanol–water partition coefficient (Wildman–Crippen LogP) is 1.45. The molecular formula is C15H17N7O. The van der Waals surface area contributed by atoms with Gasteiger partial charge < -0.3 is 20.3 Å². The molecule has 0 amide bonds. The Morgan fingerprint density at radius 1 is 1.17 bits per heavy atom. The van der Waals surface area contributed by atoms with Crippen molar-refractivity contribution in [2.75, 3.05) is 23.3 Å². The topological polar surface area (TPSA) is 103 Å². The molecule has 0 bridgehead atoms. The summed E-state index contributed by atoms with van der Waals surface area (Å²) in [6.45, 7) is 1.59. The Kier molecular flexibility index (Phi) is 3.51. The molecule has 0 aliphatic carbocycles. The number of nitrogens with zero attached hydrogens (tertiary/aromatic N) is 5. The Balaban J connectivity index is 1.58. The molecule has 4 heterocycles. The monoisotopic (exact) mass is 311 g/mol. The molecular weight excluding hydrogens is 294 g/mol. The van der Waals surface area contributed by atoms with Gasteiger partial charge in [0.15, 0.2) is 5.82 Å². The highest BCUT2D eigenvalue weighted by Crippen LogP contribution is 2.23. The molecule has 23 heavy (non-hydrogen) atoms. The summed E-state index contributed by atoms with van der Waals surface area (Å²) < 4.78 is 0. The number of fused-ring (bicyclic) bond motifs is 1. The minimum Gasteiger partial charge on any atom is -0.393 e. The molecule has 3 N–H and O–H groups in total. The van der Waals surface area contributed by atoms with Crippen LogP contribution in [-0.2, 0) is 0 Å². The SMILES string of the molecule is OC1CCN(c2cc(Nc3nccc4[nH]cnc34)ncn2)CC1. The van der Waals surface area contributed by atoms with Crippen LogP contribution in [0, 0.1) is 0 Å². The molecule has 0 atom stereocenters. The lowest BCUT2D eigenvalue weighted by atomic mass is 10.1. The zero-order chi connectivity index (χ0) is 15.6. The molecule has 0 aromatic carbocycles. The van der Waals surface area contributed by atoms with E-state index in [1.165, 1.54) is 6.33 Å². The number of imidazole rings is 1. The first kappa shape index (κ1) is 13.9. The van der Waals surface area contributed by atoms with Crippen LogP contribution in [-0.4, -0.2) is 49.2 Å². The first-order chi connectivity index (χ1) is 11.3. The second kappa shape index (κ2) is 5.81. The maximum absolute atomic E-state index is 9.61. The standard InChI is InChI=1S/C15H17N7O/c23-10-2-5-22(6-3-10)13-7-12(18-9-19-13)21-15-14-11(1-4-16-15)17-8-20-14/h1,4,7-10,23H,2-3,5-6H2,(H,17,20)(H,16,18,19,21). The normalized spacial score (nSPS) is 16.0. The number of aromatic amines is 1. The summed E-state index contributed by atoms with van der Waals surface area (Å²) >= 11 is 0. The third-order valence-electron chi connectivity index (χ3n) is 4.03. The lowest BCUT2D eigenvalue weighted by Crippen LogP contribution is -2.36. The van der Waals surface area contributed by atoms with E-state index in [1.54, 1.807) is 12.5 Å². The minimum atomic E-state index is -0.202. The highest BCUT2D eigenvalue weighted by atomic mass is 16.3. The van der Waals surface area contributed by atoms with Crippen molar-refractivity contribution in [3.63, 3.8) is 0 Å². The number of rotatable bonds is 3. The first-order valence-corrected chi connectivity index (χ1v) is 7.60. The van der Waals surface area contributed by atoms with E-state index in [4.69, 9.17) is 0 Å². The predicted molar refractivity (Wildman–Crippen MR) is 86.7 cm³/mol. The number of H-pyrrole nitrogens is 1. The number of anilines is 3. The van der Waals surface area contributed by atoms with Gasteiger partial charge in [-0.1, -0.05) is 0 Å². The fourth-order valence-electron chi connectivity index (χ4n) is 2.76. The van der Waals surface area contributed by atoms with E-state index < -0.39 is 0 Å². The van der Waals surface area contributed by atoms with Crippen LogP contribution in [0.25, 0.3) is 11.0 Å². The van der Waals surface area contributed by atoms with Gasteiger partial charge in [-0.05, 0) is 18.9 Å². The Morgan fingerprint density at radius 3 is 2.91 bits per heavy atom. The van der Waals surface area contributed by atoms with Crippen LogP contribution >= 0.6 is 0 Å².